The summed E-state index contributed by atoms with van der Waals surface area (Å²) in [4.78, 5) is 2.42. The average Bonchev–Trinajstić information content (AvgIpc) is 3.85. The van der Waals surface area contributed by atoms with E-state index in [1.807, 2.05) is 0 Å². The van der Waals surface area contributed by atoms with Gasteiger partial charge in [-0.05, 0) is 138 Å². The number of fused-ring (bicyclic) bond motifs is 13. The topological polar surface area (TPSA) is 3.24 Å². The van der Waals surface area contributed by atoms with Gasteiger partial charge in [0.05, 0.1) is 16.8 Å². The lowest BCUT2D eigenvalue weighted by Gasteiger charge is -2.31. The highest BCUT2D eigenvalue weighted by atomic mass is 15.1. The van der Waals surface area contributed by atoms with Gasteiger partial charge in [-0.15, -0.1) is 0 Å². The SMILES string of the molecule is CC1(C)c2ccccc2-c2ccc(N(C3=C=C=CC(c4ccc5c(c4)C4(c6ccccc6-c6ccccc64)c4ccccc4-5)=C3)c3ccccc3C3=CC=CCC3)cc21. The van der Waals surface area contributed by atoms with Crippen LogP contribution in [0.4, 0.5) is 11.4 Å². The van der Waals surface area contributed by atoms with Gasteiger partial charge in [0.2, 0.25) is 0 Å². The maximum absolute atomic E-state index is 3.62. The number of nitrogens with zero attached hydrogens (tertiary/aromatic N) is 1. The molecule has 5 aliphatic carbocycles. The summed E-state index contributed by atoms with van der Waals surface area (Å²) in [6.45, 7) is 4.72. The van der Waals surface area contributed by atoms with Gasteiger partial charge in [0.15, 0.2) is 0 Å². The van der Waals surface area contributed by atoms with Gasteiger partial charge in [0.1, 0.15) is 0 Å². The van der Waals surface area contributed by atoms with Crippen molar-refractivity contribution in [2.45, 2.75) is 37.5 Å². The zero-order valence-electron chi connectivity index (χ0n) is 33.3. The van der Waals surface area contributed by atoms with E-state index in [0.717, 1.165) is 35.5 Å². The zero-order chi connectivity index (χ0) is 39.3. The minimum Gasteiger partial charge on any atom is -0.303 e. The summed E-state index contributed by atoms with van der Waals surface area (Å²) < 4.78 is 0. The van der Waals surface area contributed by atoms with Crippen molar-refractivity contribution < 1.29 is 0 Å². The Morgan fingerprint density at radius 1 is 0.525 bits per heavy atom. The van der Waals surface area contributed by atoms with Crippen LogP contribution in [0.2, 0.25) is 0 Å². The summed E-state index contributed by atoms with van der Waals surface area (Å²) in [6.07, 6.45) is 13.2. The number of rotatable bonds is 5. The smallest absolute Gasteiger partial charge is 0.0979 e. The molecule has 0 saturated heterocycles. The van der Waals surface area contributed by atoms with Crippen molar-refractivity contribution in [3.63, 3.8) is 0 Å². The first-order chi connectivity index (χ1) is 29.0. The molecule has 0 radical (unpaired) electrons. The minimum atomic E-state index is -0.398. The van der Waals surface area contributed by atoms with Gasteiger partial charge in [-0.2, -0.15) is 0 Å². The number of hydrogen-bond acceptors (Lipinski definition) is 1. The molecule has 0 aromatic heterocycles. The lowest BCUT2D eigenvalue weighted by Crippen LogP contribution is -2.26. The fourth-order valence-electron chi connectivity index (χ4n) is 11.0. The molecule has 0 unspecified atom stereocenters. The predicted octanol–water partition coefficient (Wildman–Crippen LogP) is 14.5. The van der Waals surface area contributed by atoms with E-state index in [0.29, 0.717) is 0 Å². The molecule has 1 heteroatoms. The van der Waals surface area contributed by atoms with E-state index in [4.69, 9.17) is 0 Å². The number of hydrogen-bond donors (Lipinski definition) is 0. The van der Waals surface area contributed by atoms with E-state index in [1.165, 1.54) is 83.5 Å². The van der Waals surface area contributed by atoms with Crippen LogP contribution in [0.15, 0.2) is 205 Å². The fourth-order valence-corrected chi connectivity index (χ4v) is 11.0. The summed E-state index contributed by atoms with van der Waals surface area (Å²) in [5.74, 6) is 0. The van der Waals surface area contributed by atoms with Crippen LogP contribution < -0.4 is 4.90 Å². The van der Waals surface area contributed by atoms with Gasteiger partial charge in [-0.3, -0.25) is 0 Å². The Labute approximate surface area is 346 Å². The zero-order valence-corrected chi connectivity index (χ0v) is 33.3. The molecule has 0 heterocycles. The van der Waals surface area contributed by atoms with Crippen LogP contribution in [0.25, 0.3) is 44.5 Å². The van der Waals surface area contributed by atoms with Crippen molar-refractivity contribution in [2.75, 3.05) is 4.90 Å². The molecule has 0 aliphatic heterocycles. The Hall–Kier alpha value is -7.14. The van der Waals surface area contributed by atoms with E-state index < -0.39 is 5.41 Å². The molecular formula is C58H41N. The van der Waals surface area contributed by atoms with Gasteiger partial charge in [0, 0.05) is 16.7 Å². The lowest BCUT2D eigenvalue weighted by atomic mass is 9.70. The van der Waals surface area contributed by atoms with Gasteiger partial charge < -0.3 is 4.90 Å². The molecule has 0 atom stereocenters. The summed E-state index contributed by atoms with van der Waals surface area (Å²) in [5, 5.41) is 0. The highest BCUT2D eigenvalue weighted by Gasteiger charge is 2.51. The minimum absolute atomic E-state index is 0.128. The summed E-state index contributed by atoms with van der Waals surface area (Å²) in [7, 11) is 0. The van der Waals surface area contributed by atoms with E-state index in [2.05, 4.69) is 218 Å². The molecule has 0 N–H and O–H groups in total. The number of benzene rings is 7. The van der Waals surface area contributed by atoms with Gasteiger partial charge >= 0.3 is 0 Å². The van der Waals surface area contributed by atoms with E-state index in [9.17, 15) is 0 Å². The summed E-state index contributed by atoms with van der Waals surface area (Å²) in [5.41, 5.74) is 30.7. The summed E-state index contributed by atoms with van der Waals surface area (Å²) >= 11 is 0. The fraction of sp³-hybridized carbons (Fsp3) is 0.103. The highest BCUT2D eigenvalue weighted by Crippen LogP contribution is 2.63. The molecule has 0 amide bonds. The molecule has 0 saturated carbocycles. The first-order valence-electron chi connectivity index (χ1n) is 20.9. The van der Waals surface area contributed by atoms with Crippen molar-refractivity contribution in [3.05, 3.63) is 250 Å². The van der Waals surface area contributed by atoms with Crippen LogP contribution >= 0.6 is 0 Å². The quantitative estimate of drug-likeness (QED) is 0.158. The lowest BCUT2D eigenvalue weighted by molar-refractivity contribution is 0.660. The molecule has 278 valence electrons. The van der Waals surface area contributed by atoms with E-state index in [-0.39, 0.29) is 5.41 Å². The molecule has 0 fully saturated rings. The van der Waals surface area contributed by atoms with Crippen LogP contribution in [0.1, 0.15) is 71.2 Å². The Balaban J connectivity index is 1.04. The predicted molar refractivity (Wildman–Crippen MR) is 245 cm³/mol. The van der Waals surface area contributed by atoms with Crippen LogP contribution in [0.3, 0.4) is 0 Å². The number of allylic oxidation sites excluding steroid dienone is 7. The Morgan fingerprint density at radius 3 is 1.75 bits per heavy atom. The molecule has 1 spiro atoms. The Bertz CT molecular complexity index is 3100. The maximum atomic E-state index is 3.62. The van der Waals surface area contributed by atoms with E-state index in [1.54, 1.807) is 0 Å². The second-order valence-corrected chi connectivity index (χ2v) is 17.0. The van der Waals surface area contributed by atoms with Crippen molar-refractivity contribution in [3.8, 4) is 33.4 Å². The maximum Gasteiger partial charge on any atom is 0.0979 e. The number of anilines is 2. The molecule has 0 bridgehead atoms. The molecule has 5 aliphatic rings. The monoisotopic (exact) mass is 751 g/mol. The van der Waals surface area contributed by atoms with E-state index >= 15 is 0 Å². The molecule has 59 heavy (non-hydrogen) atoms. The Morgan fingerprint density at radius 2 is 1.08 bits per heavy atom. The molecule has 12 rings (SSSR count). The molecule has 7 aromatic rings. The van der Waals surface area contributed by atoms with Crippen molar-refractivity contribution in [2.24, 2.45) is 0 Å². The summed E-state index contributed by atoms with van der Waals surface area (Å²) in [6, 6.07) is 59.1. The third-order valence-corrected chi connectivity index (χ3v) is 13.6. The van der Waals surface area contributed by atoms with Gasteiger partial charge in [0.25, 0.3) is 0 Å². The highest BCUT2D eigenvalue weighted by molar-refractivity contribution is 5.96. The largest absolute Gasteiger partial charge is 0.303 e. The van der Waals surface area contributed by atoms with Gasteiger partial charge in [-0.1, -0.05) is 171 Å². The average molecular weight is 752 g/mol. The standard InChI is InChI=1S/C58H41N/c1-57(2)50-26-11-6-22-44(50)48-34-32-42(37-54(48)57)59(56-30-15-10-21-43(56)38-17-4-3-5-18-38)41-20-16-19-39(35-41)40-31-33-49-47-25-9-14-29-53(47)58(55(49)36-40)51-27-12-7-23-45(51)46-24-8-13-28-52(46)58/h3-4,6-15,17,19,21-37H,5,18H2,1-2H3. The number of para-hydroxylation sites is 1. The van der Waals surface area contributed by atoms with Crippen molar-refractivity contribution >= 4 is 22.5 Å². The van der Waals surface area contributed by atoms with Gasteiger partial charge in [-0.25, -0.2) is 0 Å². The third-order valence-electron chi connectivity index (χ3n) is 13.6. The molecule has 1 nitrogen and oxygen atoms in total. The van der Waals surface area contributed by atoms with Crippen LogP contribution in [-0.4, -0.2) is 0 Å². The molecule has 7 aromatic carbocycles. The van der Waals surface area contributed by atoms with Crippen molar-refractivity contribution in [1.82, 2.24) is 0 Å². The Kier molecular flexibility index (Phi) is 7.30. The second-order valence-electron chi connectivity index (χ2n) is 17.0. The van der Waals surface area contributed by atoms with Crippen LogP contribution in [0.5, 0.6) is 0 Å². The normalized spacial score (nSPS) is 16.3. The van der Waals surface area contributed by atoms with Crippen LogP contribution in [-0.2, 0) is 10.8 Å². The second kappa shape index (κ2) is 12.7. The van der Waals surface area contributed by atoms with Crippen molar-refractivity contribution in [1.29, 1.82) is 0 Å². The molecular weight excluding hydrogens is 711 g/mol. The third kappa shape index (κ3) is 4.75. The first kappa shape index (κ1) is 33.9. The first-order valence-corrected chi connectivity index (χ1v) is 20.9. The van der Waals surface area contributed by atoms with Crippen LogP contribution in [0, 0.1) is 0 Å².